The van der Waals surface area contributed by atoms with Crippen molar-refractivity contribution in [2.24, 2.45) is 0 Å². The van der Waals surface area contributed by atoms with Gasteiger partial charge in [0.15, 0.2) is 0 Å². The Bertz CT molecular complexity index is 296. The van der Waals surface area contributed by atoms with Gasteiger partial charge in [-0.15, -0.1) is 10.2 Å². The Morgan fingerprint density at radius 1 is 1.62 bits per heavy atom. The topological polar surface area (TPSA) is 42.7 Å². The van der Waals surface area contributed by atoms with E-state index < -0.39 is 0 Å². The van der Waals surface area contributed by atoms with Crippen molar-refractivity contribution in [3.63, 3.8) is 0 Å². The van der Waals surface area contributed by atoms with Crippen molar-refractivity contribution in [1.82, 2.24) is 20.1 Å². The van der Waals surface area contributed by atoms with Gasteiger partial charge < -0.3 is 5.32 Å². The normalized spacial score (nSPS) is 21.5. The summed E-state index contributed by atoms with van der Waals surface area (Å²) in [5, 5.41) is 11.6. The van der Waals surface area contributed by atoms with Crippen LogP contribution >= 0.6 is 11.6 Å². The van der Waals surface area contributed by atoms with Crippen LogP contribution in [0.5, 0.6) is 0 Å². The molecule has 0 saturated carbocycles. The molecule has 72 valence electrons. The minimum atomic E-state index is 0.427. The number of hydrogen-bond donors (Lipinski definition) is 1. The summed E-state index contributed by atoms with van der Waals surface area (Å²) in [7, 11) is 1.95. The number of halogens is 1. The molecule has 2 rings (SSSR count). The second kappa shape index (κ2) is 3.64. The van der Waals surface area contributed by atoms with Gasteiger partial charge in [0.05, 0.1) is 6.04 Å². The SMILES string of the molecule is CNCC1CCCc2nnc(Cl)n21. The van der Waals surface area contributed by atoms with Gasteiger partial charge in [-0.2, -0.15) is 0 Å². The molecule has 1 atom stereocenters. The number of aromatic nitrogens is 3. The summed E-state index contributed by atoms with van der Waals surface area (Å²) >= 11 is 5.95. The standard InChI is InChI=1S/C8H13ClN4/c1-10-5-6-3-2-4-7-11-12-8(9)13(6)7/h6,10H,2-5H2,1H3. The van der Waals surface area contributed by atoms with Gasteiger partial charge in [0.2, 0.25) is 5.28 Å². The monoisotopic (exact) mass is 200 g/mol. The number of fused-ring (bicyclic) bond motifs is 1. The van der Waals surface area contributed by atoms with Gasteiger partial charge in [0.25, 0.3) is 0 Å². The number of rotatable bonds is 2. The first kappa shape index (κ1) is 8.97. The van der Waals surface area contributed by atoms with Crippen LogP contribution in [0.3, 0.4) is 0 Å². The summed E-state index contributed by atoms with van der Waals surface area (Å²) in [6.07, 6.45) is 3.34. The summed E-state index contributed by atoms with van der Waals surface area (Å²) in [6, 6.07) is 0.427. The van der Waals surface area contributed by atoms with E-state index in [1.54, 1.807) is 0 Å². The highest BCUT2D eigenvalue weighted by Gasteiger charge is 2.22. The second-order valence-electron chi connectivity index (χ2n) is 3.36. The lowest BCUT2D eigenvalue weighted by atomic mass is 10.0. The van der Waals surface area contributed by atoms with E-state index in [1.165, 1.54) is 6.42 Å². The van der Waals surface area contributed by atoms with Crippen LogP contribution in [-0.2, 0) is 6.42 Å². The third kappa shape index (κ3) is 1.56. The van der Waals surface area contributed by atoms with Crippen LogP contribution in [0.2, 0.25) is 5.28 Å². The summed E-state index contributed by atoms with van der Waals surface area (Å²) in [6.45, 7) is 0.935. The van der Waals surface area contributed by atoms with E-state index in [0.717, 1.165) is 25.2 Å². The van der Waals surface area contributed by atoms with Gasteiger partial charge in [0, 0.05) is 13.0 Å². The van der Waals surface area contributed by atoms with Crippen LogP contribution in [0.15, 0.2) is 0 Å². The Morgan fingerprint density at radius 3 is 3.23 bits per heavy atom. The molecule has 1 aliphatic rings. The Kier molecular flexibility index (Phi) is 2.51. The smallest absolute Gasteiger partial charge is 0.225 e. The quantitative estimate of drug-likeness (QED) is 0.776. The van der Waals surface area contributed by atoms with Crippen molar-refractivity contribution in [1.29, 1.82) is 0 Å². The number of aryl methyl sites for hydroxylation is 1. The molecule has 0 aliphatic carbocycles. The zero-order valence-corrected chi connectivity index (χ0v) is 8.38. The highest BCUT2D eigenvalue weighted by molar-refractivity contribution is 6.28. The highest BCUT2D eigenvalue weighted by Crippen LogP contribution is 2.26. The first-order valence-electron chi connectivity index (χ1n) is 4.57. The molecule has 0 radical (unpaired) electrons. The summed E-state index contributed by atoms with van der Waals surface area (Å²) < 4.78 is 2.04. The van der Waals surface area contributed by atoms with E-state index >= 15 is 0 Å². The maximum Gasteiger partial charge on any atom is 0.225 e. The molecule has 0 spiro atoms. The molecule has 4 nitrogen and oxygen atoms in total. The Morgan fingerprint density at radius 2 is 2.46 bits per heavy atom. The van der Waals surface area contributed by atoms with Crippen LogP contribution < -0.4 is 5.32 Å². The molecule has 0 bridgehead atoms. The third-order valence-corrected chi connectivity index (χ3v) is 2.73. The average Bonchev–Trinajstić information content (AvgIpc) is 2.50. The number of hydrogen-bond acceptors (Lipinski definition) is 3. The molecule has 1 N–H and O–H groups in total. The Hall–Kier alpha value is -0.610. The number of nitrogens with zero attached hydrogens (tertiary/aromatic N) is 3. The van der Waals surface area contributed by atoms with Gasteiger partial charge in [-0.05, 0) is 31.5 Å². The van der Waals surface area contributed by atoms with Crippen molar-refractivity contribution in [3.05, 3.63) is 11.1 Å². The van der Waals surface area contributed by atoms with Crippen LogP contribution in [0.25, 0.3) is 0 Å². The molecular formula is C8H13ClN4. The molecule has 1 aromatic rings. The van der Waals surface area contributed by atoms with Gasteiger partial charge in [0.1, 0.15) is 5.82 Å². The molecule has 0 amide bonds. The minimum absolute atomic E-state index is 0.427. The molecule has 0 aromatic carbocycles. The summed E-state index contributed by atoms with van der Waals surface area (Å²) in [5.41, 5.74) is 0. The van der Waals surface area contributed by atoms with Gasteiger partial charge in [-0.3, -0.25) is 4.57 Å². The fraction of sp³-hybridized carbons (Fsp3) is 0.750. The lowest BCUT2D eigenvalue weighted by Crippen LogP contribution is -2.27. The van der Waals surface area contributed by atoms with E-state index in [4.69, 9.17) is 11.6 Å². The van der Waals surface area contributed by atoms with E-state index in [1.807, 2.05) is 11.6 Å². The maximum atomic E-state index is 5.95. The molecule has 13 heavy (non-hydrogen) atoms. The van der Waals surface area contributed by atoms with Crippen molar-refractivity contribution in [3.8, 4) is 0 Å². The van der Waals surface area contributed by atoms with Crippen molar-refractivity contribution >= 4 is 11.6 Å². The molecular weight excluding hydrogens is 188 g/mol. The predicted octanol–water partition coefficient (Wildman–Crippen LogP) is 1.03. The third-order valence-electron chi connectivity index (χ3n) is 2.47. The van der Waals surface area contributed by atoms with Gasteiger partial charge >= 0.3 is 0 Å². The van der Waals surface area contributed by atoms with E-state index in [-0.39, 0.29) is 0 Å². The van der Waals surface area contributed by atoms with Crippen LogP contribution in [0.1, 0.15) is 24.7 Å². The predicted molar refractivity (Wildman–Crippen MR) is 50.9 cm³/mol. The van der Waals surface area contributed by atoms with E-state index in [2.05, 4.69) is 15.5 Å². The minimum Gasteiger partial charge on any atom is -0.318 e. The lowest BCUT2D eigenvalue weighted by molar-refractivity contribution is 0.386. The second-order valence-corrected chi connectivity index (χ2v) is 3.70. The molecule has 0 fully saturated rings. The van der Waals surface area contributed by atoms with Crippen LogP contribution in [0, 0.1) is 0 Å². The Balaban J connectivity index is 2.29. The van der Waals surface area contributed by atoms with Crippen molar-refractivity contribution < 1.29 is 0 Å². The number of likely N-dealkylation sites (N-methyl/N-ethyl adjacent to an activating group) is 1. The fourth-order valence-electron chi connectivity index (χ4n) is 1.89. The summed E-state index contributed by atoms with van der Waals surface area (Å²) in [5.74, 6) is 1.02. The zero-order chi connectivity index (χ0) is 9.26. The van der Waals surface area contributed by atoms with Crippen LogP contribution in [-0.4, -0.2) is 28.4 Å². The van der Waals surface area contributed by atoms with Crippen LogP contribution in [0.4, 0.5) is 0 Å². The lowest BCUT2D eigenvalue weighted by Gasteiger charge is -2.24. The van der Waals surface area contributed by atoms with Gasteiger partial charge in [-0.25, -0.2) is 0 Å². The van der Waals surface area contributed by atoms with Crippen molar-refractivity contribution in [2.45, 2.75) is 25.3 Å². The molecule has 1 unspecified atom stereocenters. The molecule has 1 aromatic heterocycles. The first-order chi connectivity index (χ1) is 6.33. The largest absolute Gasteiger partial charge is 0.318 e. The fourth-order valence-corrected chi connectivity index (χ4v) is 2.16. The van der Waals surface area contributed by atoms with E-state index in [9.17, 15) is 0 Å². The van der Waals surface area contributed by atoms with E-state index in [0.29, 0.717) is 11.3 Å². The molecule has 5 heteroatoms. The Labute approximate surface area is 82.3 Å². The molecule has 0 saturated heterocycles. The zero-order valence-electron chi connectivity index (χ0n) is 7.63. The average molecular weight is 201 g/mol. The van der Waals surface area contributed by atoms with Crippen molar-refractivity contribution in [2.75, 3.05) is 13.6 Å². The van der Waals surface area contributed by atoms with Gasteiger partial charge in [-0.1, -0.05) is 0 Å². The molecule has 2 heterocycles. The molecule has 1 aliphatic heterocycles. The number of nitrogens with one attached hydrogen (secondary N) is 1. The highest BCUT2D eigenvalue weighted by atomic mass is 35.5. The first-order valence-corrected chi connectivity index (χ1v) is 4.94. The maximum absolute atomic E-state index is 5.95. The summed E-state index contributed by atoms with van der Waals surface area (Å²) in [4.78, 5) is 0.